The molecule has 0 unspecified atom stereocenters. The van der Waals surface area contributed by atoms with E-state index in [1.807, 2.05) is 26.8 Å². The molecular formula is C33H39F2NO3. The molecule has 39 heavy (non-hydrogen) atoms. The monoisotopic (exact) mass is 535 g/mol. The van der Waals surface area contributed by atoms with E-state index < -0.39 is 17.2 Å². The number of ether oxygens (including phenoxy) is 2. The van der Waals surface area contributed by atoms with Crippen LogP contribution in [0.4, 0.5) is 13.6 Å². The second-order valence-electron chi connectivity index (χ2n) is 11.5. The maximum Gasteiger partial charge on any atom is 0.410 e. The number of likely N-dealkylation sites (tertiary alicyclic amines) is 1. The molecule has 0 aromatic heterocycles. The van der Waals surface area contributed by atoms with Crippen LogP contribution in [-0.4, -0.2) is 43.4 Å². The van der Waals surface area contributed by atoms with E-state index in [0.717, 1.165) is 35.6 Å². The van der Waals surface area contributed by atoms with Crippen molar-refractivity contribution in [2.24, 2.45) is 0 Å². The summed E-state index contributed by atoms with van der Waals surface area (Å²) in [6, 6.07) is 18.6. The lowest BCUT2D eigenvalue weighted by molar-refractivity contribution is 0.0183. The molecule has 1 aliphatic rings. The summed E-state index contributed by atoms with van der Waals surface area (Å²) in [7, 11) is 1.72. The summed E-state index contributed by atoms with van der Waals surface area (Å²) in [5.41, 5.74) is 5.74. The Labute approximate surface area is 230 Å². The Morgan fingerprint density at radius 1 is 1.00 bits per heavy atom. The summed E-state index contributed by atoms with van der Waals surface area (Å²) < 4.78 is 39.4. The molecule has 0 aliphatic carbocycles. The summed E-state index contributed by atoms with van der Waals surface area (Å²) in [6.07, 6.45) is 2.08. The molecule has 3 aromatic rings. The Hall–Kier alpha value is -3.25. The lowest BCUT2D eigenvalue weighted by Gasteiger charge is -2.40. The van der Waals surface area contributed by atoms with Gasteiger partial charge in [-0.15, -0.1) is 0 Å². The zero-order chi connectivity index (χ0) is 28.2. The largest absolute Gasteiger partial charge is 0.444 e. The number of nitrogens with zero attached hydrogens (tertiary/aromatic N) is 1. The minimum absolute atomic E-state index is 0.139. The van der Waals surface area contributed by atoms with Crippen molar-refractivity contribution in [1.29, 1.82) is 0 Å². The van der Waals surface area contributed by atoms with Gasteiger partial charge in [-0.1, -0.05) is 42.5 Å². The van der Waals surface area contributed by atoms with Crippen LogP contribution >= 0.6 is 0 Å². The van der Waals surface area contributed by atoms with E-state index in [9.17, 15) is 13.6 Å². The van der Waals surface area contributed by atoms with Gasteiger partial charge < -0.3 is 14.4 Å². The van der Waals surface area contributed by atoms with Gasteiger partial charge in [0.15, 0.2) is 0 Å². The Kier molecular flexibility index (Phi) is 9.06. The van der Waals surface area contributed by atoms with Crippen molar-refractivity contribution in [2.75, 3.05) is 26.8 Å². The molecule has 6 heteroatoms. The second kappa shape index (κ2) is 12.3. The standard InChI is InChI=1S/C33H39F2NO3/c1-22-17-24(29-11-7-6-9-23(29)10-8-16-38-5)12-13-28(22)31-21-36(32(37)39-33(2,3)4)15-14-30(31)25-18-26(34)20-27(35)19-25/h6-7,9,11-13,17-20,30-31H,8,10,14-16,21H2,1-5H3/t30-,31-/m0/s1. The Balaban J connectivity index is 1.69. The highest BCUT2D eigenvalue weighted by molar-refractivity contribution is 5.70. The third-order valence-corrected chi connectivity index (χ3v) is 7.37. The number of hydrogen-bond donors (Lipinski definition) is 0. The molecule has 0 bridgehead atoms. The molecule has 0 N–H and O–H groups in total. The van der Waals surface area contributed by atoms with Crippen molar-refractivity contribution in [2.45, 2.75) is 64.4 Å². The second-order valence-corrected chi connectivity index (χ2v) is 11.5. The van der Waals surface area contributed by atoms with E-state index in [4.69, 9.17) is 9.47 Å². The molecule has 0 spiro atoms. The van der Waals surface area contributed by atoms with Gasteiger partial charge in [-0.3, -0.25) is 0 Å². The number of halogens is 2. The molecule has 2 atom stereocenters. The Bertz CT molecular complexity index is 1280. The molecular weight excluding hydrogens is 496 g/mol. The van der Waals surface area contributed by atoms with Gasteiger partial charge in [0, 0.05) is 38.8 Å². The zero-order valence-electron chi connectivity index (χ0n) is 23.6. The van der Waals surface area contributed by atoms with Crippen LogP contribution in [-0.2, 0) is 15.9 Å². The van der Waals surface area contributed by atoms with Crippen molar-refractivity contribution >= 4 is 6.09 Å². The van der Waals surface area contributed by atoms with E-state index >= 15 is 0 Å². The van der Waals surface area contributed by atoms with Crippen LogP contribution in [0.2, 0.25) is 0 Å². The minimum Gasteiger partial charge on any atom is -0.444 e. The van der Waals surface area contributed by atoms with Crippen LogP contribution in [0.3, 0.4) is 0 Å². The van der Waals surface area contributed by atoms with E-state index in [1.165, 1.54) is 23.3 Å². The average Bonchev–Trinajstić information content (AvgIpc) is 2.87. The third-order valence-electron chi connectivity index (χ3n) is 7.37. The number of amides is 1. The number of benzene rings is 3. The van der Waals surface area contributed by atoms with E-state index in [1.54, 1.807) is 12.0 Å². The molecule has 4 rings (SSSR count). The topological polar surface area (TPSA) is 38.8 Å². The number of aryl methyl sites for hydroxylation is 2. The van der Waals surface area contributed by atoms with E-state index in [0.29, 0.717) is 31.7 Å². The number of methoxy groups -OCH3 is 1. The van der Waals surface area contributed by atoms with Gasteiger partial charge in [-0.2, -0.15) is 0 Å². The zero-order valence-corrected chi connectivity index (χ0v) is 23.6. The normalized spacial score (nSPS) is 17.8. The number of rotatable bonds is 7. The molecule has 3 aromatic carbocycles. The van der Waals surface area contributed by atoms with Gasteiger partial charge in [0.05, 0.1) is 0 Å². The van der Waals surface area contributed by atoms with Crippen LogP contribution in [0.15, 0.2) is 60.7 Å². The summed E-state index contributed by atoms with van der Waals surface area (Å²) in [4.78, 5) is 14.7. The van der Waals surface area contributed by atoms with Gasteiger partial charge in [0.1, 0.15) is 17.2 Å². The molecule has 1 amide bonds. The maximum atomic E-state index is 14.2. The Morgan fingerprint density at radius 2 is 1.72 bits per heavy atom. The Morgan fingerprint density at radius 3 is 2.38 bits per heavy atom. The first-order valence-electron chi connectivity index (χ1n) is 13.7. The summed E-state index contributed by atoms with van der Waals surface area (Å²) >= 11 is 0. The third kappa shape index (κ3) is 7.24. The highest BCUT2D eigenvalue weighted by Crippen LogP contribution is 2.42. The van der Waals surface area contributed by atoms with E-state index in [2.05, 4.69) is 43.3 Å². The number of piperidine rings is 1. The van der Waals surface area contributed by atoms with Crippen LogP contribution in [0.1, 0.15) is 67.7 Å². The predicted octanol–water partition coefficient (Wildman–Crippen LogP) is 8.03. The minimum atomic E-state index is -0.608. The molecule has 4 nitrogen and oxygen atoms in total. The van der Waals surface area contributed by atoms with Gasteiger partial charge in [0.2, 0.25) is 0 Å². The lowest BCUT2D eigenvalue weighted by atomic mass is 9.75. The average molecular weight is 536 g/mol. The molecule has 208 valence electrons. The van der Waals surface area contributed by atoms with Crippen LogP contribution < -0.4 is 0 Å². The fourth-order valence-corrected chi connectivity index (χ4v) is 5.63. The number of hydrogen-bond acceptors (Lipinski definition) is 3. The summed E-state index contributed by atoms with van der Waals surface area (Å²) in [6.45, 7) is 9.19. The summed E-state index contributed by atoms with van der Waals surface area (Å²) in [5.74, 6) is -1.45. The smallest absolute Gasteiger partial charge is 0.410 e. The first-order chi connectivity index (χ1) is 18.6. The van der Waals surface area contributed by atoms with Gasteiger partial charge in [0.25, 0.3) is 0 Å². The molecule has 1 heterocycles. The SMILES string of the molecule is COCCCc1ccccc1-c1ccc([C@@H]2CN(C(=O)OC(C)(C)C)CC[C@H]2c2cc(F)cc(F)c2)c(C)c1. The van der Waals surface area contributed by atoms with Crippen LogP contribution in [0, 0.1) is 18.6 Å². The fourth-order valence-electron chi connectivity index (χ4n) is 5.63. The maximum absolute atomic E-state index is 14.2. The van der Waals surface area contributed by atoms with Crippen molar-refractivity contribution in [3.8, 4) is 11.1 Å². The van der Waals surface area contributed by atoms with Crippen LogP contribution in [0.25, 0.3) is 11.1 Å². The first kappa shape index (κ1) is 28.8. The molecule has 0 radical (unpaired) electrons. The molecule has 1 fully saturated rings. The van der Waals surface area contributed by atoms with Gasteiger partial charge in [-0.25, -0.2) is 13.6 Å². The lowest BCUT2D eigenvalue weighted by Crippen LogP contribution is -2.44. The number of carbonyl (C=O) groups is 1. The quantitative estimate of drug-likeness (QED) is 0.288. The number of carbonyl (C=O) groups excluding carboxylic acids is 1. The van der Waals surface area contributed by atoms with Crippen molar-refractivity contribution in [3.63, 3.8) is 0 Å². The van der Waals surface area contributed by atoms with Crippen molar-refractivity contribution in [1.82, 2.24) is 4.90 Å². The van der Waals surface area contributed by atoms with Gasteiger partial charge >= 0.3 is 6.09 Å². The first-order valence-corrected chi connectivity index (χ1v) is 13.7. The van der Waals surface area contributed by atoms with Gasteiger partial charge in [-0.05, 0) is 98.4 Å². The van der Waals surface area contributed by atoms with Crippen LogP contribution in [0.5, 0.6) is 0 Å². The highest BCUT2D eigenvalue weighted by Gasteiger charge is 2.36. The molecule has 0 saturated carbocycles. The fraction of sp³-hybridized carbons (Fsp3) is 0.424. The van der Waals surface area contributed by atoms with Crippen molar-refractivity contribution in [3.05, 3.63) is 94.6 Å². The van der Waals surface area contributed by atoms with E-state index in [-0.39, 0.29) is 17.9 Å². The highest BCUT2D eigenvalue weighted by atomic mass is 19.1. The molecule has 1 saturated heterocycles. The van der Waals surface area contributed by atoms with Crippen molar-refractivity contribution < 1.29 is 23.0 Å². The summed E-state index contributed by atoms with van der Waals surface area (Å²) in [5, 5.41) is 0. The molecule has 1 aliphatic heterocycles. The predicted molar refractivity (Wildman–Crippen MR) is 151 cm³/mol.